The second-order valence-electron chi connectivity index (χ2n) is 8.00. The maximum atomic E-state index is 13.4. The topological polar surface area (TPSA) is 96.0 Å². The lowest BCUT2D eigenvalue weighted by molar-refractivity contribution is -0.139. The molecule has 1 unspecified atom stereocenters. The standard InChI is InChI=1S/C24H33N3O5S/c1-7-25-24(29)19(4)26(15-20-9-11-21(32-5)12-10-20)23(28)16-27(33(6,30)31)22-13-8-17(2)14-18(22)3/h8-14,19H,7,15-16H2,1-6H3,(H,25,29). The monoisotopic (exact) mass is 475 g/mol. The Bertz CT molecular complexity index is 1080. The smallest absolute Gasteiger partial charge is 0.244 e. The van der Waals surface area contributed by atoms with Gasteiger partial charge in [0, 0.05) is 13.1 Å². The molecule has 33 heavy (non-hydrogen) atoms. The van der Waals surface area contributed by atoms with Gasteiger partial charge in [0.2, 0.25) is 21.8 Å². The van der Waals surface area contributed by atoms with Gasteiger partial charge >= 0.3 is 0 Å². The molecule has 2 amide bonds. The molecule has 0 aliphatic heterocycles. The van der Waals surface area contributed by atoms with Gasteiger partial charge in [0.05, 0.1) is 19.1 Å². The van der Waals surface area contributed by atoms with Gasteiger partial charge in [-0.25, -0.2) is 8.42 Å². The highest BCUT2D eigenvalue weighted by molar-refractivity contribution is 7.92. The number of carbonyl (C=O) groups is 2. The maximum absolute atomic E-state index is 13.4. The molecule has 0 saturated heterocycles. The molecule has 0 fully saturated rings. The van der Waals surface area contributed by atoms with Crippen LogP contribution in [0.4, 0.5) is 5.69 Å². The zero-order valence-corrected chi connectivity index (χ0v) is 20.9. The molecule has 0 spiro atoms. The van der Waals surface area contributed by atoms with Crippen LogP contribution in [0, 0.1) is 13.8 Å². The van der Waals surface area contributed by atoms with Crippen LogP contribution < -0.4 is 14.4 Å². The Labute approximate surface area is 196 Å². The summed E-state index contributed by atoms with van der Waals surface area (Å²) in [4.78, 5) is 27.4. The number of methoxy groups -OCH3 is 1. The Hall–Kier alpha value is -3.07. The largest absolute Gasteiger partial charge is 0.497 e. The number of amides is 2. The summed E-state index contributed by atoms with van der Waals surface area (Å²) in [6.45, 7) is 7.30. The highest BCUT2D eigenvalue weighted by atomic mass is 32.2. The van der Waals surface area contributed by atoms with Crippen LogP contribution in [0.15, 0.2) is 42.5 Å². The first-order chi connectivity index (χ1) is 15.5. The van der Waals surface area contributed by atoms with Crippen LogP contribution in [-0.2, 0) is 26.2 Å². The normalized spacial score (nSPS) is 12.1. The molecule has 8 nitrogen and oxygen atoms in total. The van der Waals surface area contributed by atoms with Crippen molar-refractivity contribution in [1.82, 2.24) is 10.2 Å². The van der Waals surface area contributed by atoms with E-state index in [0.29, 0.717) is 18.0 Å². The Morgan fingerprint density at radius 2 is 1.73 bits per heavy atom. The third kappa shape index (κ3) is 6.95. The summed E-state index contributed by atoms with van der Waals surface area (Å²) in [7, 11) is -2.19. The molecule has 0 heterocycles. The number of sulfonamides is 1. The zero-order chi connectivity index (χ0) is 24.8. The van der Waals surface area contributed by atoms with Gasteiger partial charge in [0.1, 0.15) is 18.3 Å². The molecule has 1 N–H and O–H groups in total. The number of hydrogen-bond acceptors (Lipinski definition) is 5. The number of hydrogen-bond donors (Lipinski definition) is 1. The van der Waals surface area contributed by atoms with Crippen molar-refractivity contribution in [3.63, 3.8) is 0 Å². The van der Waals surface area contributed by atoms with E-state index < -0.39 is 28.5 Å². The predicted molar refractivity (Wildman–Crippen MR) is 130 cm³/mol. The van der Waals surface area contributed by atoms with Crippen LogP contribution in [0.3, 0.4) is 0 Å². The number of benzene rings is 2. The summed E-state index contributed by atoms with van der Waals surface area (Å²) in [5.74, 6) is -0.113. The summed E-state index contributed by atoms with van der Waals surface area (Å²) < 4.78 is 31.5. The van der Waals surface area contributed by atoms with Crippen molar-refractivity contribution in [2.75, 3.05) is 30.8 Å². The lowest BCUT2D eigenvalue weighted by atomic mass is 10.1. The average molecular weight is 476 g/mol. The Balaban J connectivity index is 2.40. The van der Waals surface area contributed by atoms with E-state index in [1.165, 1.54) is 4.90 Å². The fourth-order valence-electron chi connectivity index (χ4n) is 3.51. The summed E-state index contributed by atoms with van der Waals surface area (Å²) in [6.07, 6.45) is 1.07. The number of nitrogens with one attached hydrogen (secondary N) is 1. The van der Waals surface area contributed by atoms with E-state index in [4.69, 9.17) is 4.74 Å². The van der Waals surface area contributed by atoms with Crippen LogP contribution in [0.1, 0.15) is 30.5 Å². The second-order valence-corrected chi connectivity index (χ2v) is 9.91. The Morgan fingerprint density at radius 3 is 2.24 bits per heavy atom. The minimum atomic E-state index is -3.75. The van der Waals surface area contributed by atoms with Crippen molar-refractivity contribution in [2.24, 2.45) is 0 Å². The summed E-state index contributed by atoms with van der Waals surface area (Å²) >= 11 is 0. The molecule has 9 heteroatoms. The van der Waals surface area contributed by atoms with Crippen LogP contribution in [0.25, 0.3) is 0 Å². The fraction of sp³-hybridized carbons (Fsp3) is 0.417. The predicted octanol–water partition coefficient (Wildman–Crippen LogP) is 2.63. The summed E-state index contributed by atoms with van der Waals surface area (Å²) in [5.41, 5.74) is 2.96. The number of nitrogens with zero attached hydrogens (tertiary/aromatic N) is 2. The van der Waals surface area contributed by atoms with Crippen LogP contribution in [0.2, 0.25) is 0 Å². The SMILES string of the molecule is CCNC(=O)C(C)N(Cc1ccc(OC)cc1)C(=O)CN(c1ccc(C)cc1C)S(C)(=O)=O. The molecule has 0 radical (unpaired) electrons. The number of carbonyl (C=O) groups excluding carboxylic acids is 2. The van der Waals surface area contributed by atoms with E-state index in [0.717, 1.165) is 27.3 Å². The number of aryl methyl sites for hydroxylation is 2. The number of rotatable bonds is 10. The number of likely N-dealkylation sites (N-methyl/N-ethyl adjacent to an activating group) is 1. The first kappa shape index (κ1) is 26.2. The lowest BCUT2D eigenvalue weighted by Gasteiger charge is -2.32. The van der Waals surface area contributed by atoms with Gasteiger partial charge in [-0.3, -0.25) is 13.9 Å². The van der Waals surface area contributed by atoms with E-state index in [1.807, 2.05) is 25.1 Å². The highest BCUT2D eigenvalue weighted by Gasteiger charge is 2.30. The highest BCUT2D eigenvalue weighted by Crippen LogP contribution is 2.24. The third-order valence-electron chi connectivity index (χ3n) is 5.33. The number of anilines is 1. The first-order valence-electron chi connectivity index (χ1n) is 10.7. The zero-order valence-electron chi connectivity index (χ0n) is 20.1. The molecule has 0 saturated carbocycles. The lowest BCUT2D eigenvalue weighted by Crippen LogP contribution is -2.51. The van der Waals surface area contributed by atoms with Gasteiger partial charge in [0.15, 0.2) is 0 Å². The quantitative estimate of drug-likeness (QED) is 0.570. The molecule has 1 atom stereocenters. The van der Waals surface area contributed by atoms with Crippen LogP contribution in [-0.4, -0.2) is 57.6 Å². The molecule has 2 aromatic rings. The fourth-order valence-corrected chi connectivity index (χ4v) is 4.42. The molecular formula is C24H33N3O5S. The maximum Gasteiger partial charge on any atom is 0.244 e. The van der Waals surface area contributed by atoms with E-state index in [1.54, 1.807) is 52.1 Å². The van der Waals surface area contributed by atoms with Crippen LogP contribution in [0.5, 0.6) is 5.75 Å². The van der Waals surface area contributed by atoms with Gasteiger partial charge in [0.25, 0.3) is 0 Å². The van der Waals surface area contributed by atoms with Gasteiger partial charge in [-0.05, 0) is 57.0 Å². The Kier molecular flexibility index (Phi) is 8.87. The Morgan fingerprint density at radius 1 is 1.09 bits per heavy atom. The first-order valence-corrected chi connectivity index (χ1v) is 12.6. The molecule has 2 rings (SSSR count). The van der Waals surface area contributed by atoms with Crippen molar-refractivity contribution in [2.45, 2.75) is 40.3 Å². The van der Waals surface area contributed by atoms with Gasteiger partial charge in [-0.1, -0.05) is 29.8 Å². The van der Waals surface area contributed by atoms with Crippen molar-refractivity contribution in [3.8, 4) is 5.75 Å². The average Bonchev–Trinajstić information content (AvgIpc) is 2.75. The van der Waals surface area contributed by atoms with E-state index in [9.17, 15) is 18.0 Å². The number of ether oxygens (including phenoxy) is 1. The van der Waals surface area contributed by atoms with Crippen molar-refractivity contribution < 1.29 is 22.7 Å². The molecule has 180 valence electrons. The van der Waals surface area contributed by atoms with Crippen molar-refractivity contribution >= 4 is 27.5 Å². The summed E-state index contributed by atoms with van der Waals surface area (Å²) in [6, 6.07) is 11.7. The minimum Gasteiger partial charge on any atom is -0.497 e. The summed E-state index contributed by atoms with van der Waals surface area (Å²) in [5, 5.41) is 2.73. The van der Waals surface area contributed by atoms with E-state index >= 15 is 0 Å². The van der Waals surface area contributed by atoms with Gasteiger partial charge < -0.3 is 15.0 Å². The second kappa shape index (κ2) is 11.2. The molecular weight excluding hydrogens is 442 g/mol. The molecule has 0 bridgehead atoms. The van der Waals surface area contributed by atoms with Crippen molar-refractivity contribution in [1.29, 1.82) is 0 Å². The molecule has 0 aliphatic rings. The van der Waals surface area contributed by atoms with Gasteiger partial charge in [-0.15, -0.1) is 0 Å². The van der Waals surface area contributed by atoms with Crippen LogP contribution >= 0.6 is 0 Å². The third-order valence-corrected chi connectivity index (χ3v) is 6.46. The molecule has 0 aromatic heterocycles. The van der Waals surface area contributed by atoms with E-state index in [2.05, 4.69) is 5.32 Å². The van der Waals surface area contributed by atoms with Crippen molar-refractivity contribution in [3.05, 3.63) is 59.2 Å². The minimum absolute atomic E-state index is 0.144. The van der Waals surface area contributed by atoms with Gasteiger partial charge in [-0.2, -0.15) is 0 Å². The molecule has 0 aliphatic carbocycles. The molecule has 2 aromatic carbocycles. The van der Waals surface area contributed by atoms with E-state index in [-0.39, 0.29) is 12.5 Å².